The van der Waals surface area contributed by atoms with Gasteiger partial charge >= 0.3 is 0 Å². The minimum Gasteiger partial charge on any atom is -0.359 e. The van der Waals surface area contributed by atoms with Gasteiger partial charge in [-0.05, 0) is 24.8 Å². The number of hydrogen-bond acceptors (Lipinski definition) is 7. The van der Waals surface area contributed by atoms with E-state index >= 15 is 0 Å². The summed E-state index contributed by atoms with van der Waals surface area (Å²) in [6, 6.07) is 5.79. The van der Waals surface area contributed by atoms with Crippen molar-refractivity contribution in [2.75, 3.05) is 10.6 Å². The molecule has 1 aliphatic rings. The van der Waals surface area contributed by atoms with Gasteiger partial charge in [0.2, 0.25) is 5.95 Å². The molecule has 0 spiro atoms. The van der Waals surface area contributed by atoms with E-state index in [0.717, 1.165) is 17.3 Å². The van der Waals surface area contributed by atoms with Crippen LogP contribution in [0.25, 0.3) is 0 Å². The average molecular weight is 339 g/mol. The van der Waals surface area contributed by atoms with E-state index in [4.69, 9.17) is 4.52 Å². The van der Waals surface area contributed by atoms with Crippen molar-refractivity contribution in [3.05, 3.63) is 41.5 Å². The minimum atomic E-state index is 0.343. The third-order valence-electron chi connectivity index (χ3n) is 4.12. The van der Waals surface area contributed by atoms with E-state index in [9.17, 15) is 0 Å². The van der Waals surface area contributed by atoms with Crippen LogP contribution in [0.1, 0.15) is 55.7 Å². The van der Waals surface area contributed by atoms with Crippen molar-refractivity contribution in [1.82, 2.24) is 25.3 Å². The van der Waals surface area contributed by atoms with Crippen molar-refractivity contribution >= 4 is 17.6 Å². The van der Waals surface area contributed by atoms with Crippen LogP contribution in [0.15, 0.2) is 28.9 Å². The van der Waals surface area contributed by atoms with Gasteiger partial charge in [0, 0.05) is 29.9 Å². The standard InChI is InChI=1S/C17H21N7O/c1-10(2)13-7-12(25-24-13)9-19-17-18-6-5-15(21-17)20-16-8-14(22-23-16)11-3-4-11/h5-8,10-11H,3-4,9H2,1-2H3,(H3,18,19,20,21,22,23). The van der Waals surface area contributed by atoms with E-state index < -0.39 is 0 Å². The maximum absolute atomic E-state index is 5.31. The molecule has 0 saturated heterocycles. The van der Waals surface area contributed by atoms with Gasteiger partial charge in [-0.3, -0.25) is 5.10 Å². The highest BCUT2D eigenvalue weighted by molar-refractivity contribution is 5.53. The molecule has 0 amide bonds. The van der Waals surface area contributed by atoms with Crippen LogP contribution in [0.4, 0.5) is 17.6 Å². The fraction of sp³-hybridized carbons (Fsp3) is 0.412. The molecule has 1 aliphatic carbocycles. The number of aromatic nitrogens is 5. The first-order valence-corrected chi connectivity index (χ1v) is 8.52. The Hall–Kier alpha value is -2.90. The molecule has 8 heteroatoms. The van der Waals surface area contributed by atoms with E-state index in [0.29, 0.717) is 30.1 Å². The second-order valence-electron chi connectivity index (χ2n) is 6.60. The van der Waals surface area contributed by atoms with Crippen LogP contribution < -0.4 is 10.6 Å². The maximum atomic E-state index is 5.31. The summed E-state index contributed by atoms with van der Waals surface area (Å²) in [4.78, 5) is 8.67. The van der Waals surface area contributed by atoms with Crippen LogP contribution in [0.5, 0.6) is 0 Å². The summed E-state index contributed by atoms with van der Waals surface area (Å²) in [7, 11) is 0. The van der Waals surface area contributed by atoms with Gasteiger partial charge in [-0.15, -0.1) is 0 Å². The van der Waals surface area contributed by atoms with Crippen LogP contribution in [-0.4, -0.2) is 25.3 Å². The Balaban J connectivity index is 1.38. The van der Waals surface area contributed by atoms with Crippen molar-refractivity contribution in [3.8, 4) is 0 Å². The Morgan fingerprint density at radius 1 is 1.28 bits per heavy atom. The number of aromatic amines is 1. The third kappa shape index (κ3) is 3.78. The molecule has 0 radical (unpaired) electrons. The third-order valence-corrected chi connectivity index (χ3v) is 4.12. The van der Waals surface area contributed by atoms with Gasteiger partial charge in [-0.1, -0.05) is 19.0 Å². The Bertz CT molecular complexity index is 850. The number of rotatable bonds is 7. The number of hydrogen-bond donors (Lipinski definition) is 3. The summed E-state index contributed by atoms with van der Waals surface area (Å²) < 4.78 is 5.31. The molecule has 130 valence electrons. The van der Waals surface area contributed by atoms with Crippen molar-refractivity contribution in [2.24, 2.45) is 0 Å². The molecule has 1 saturated carbocycles. The molecule has 4 rings (SSSR count). The minimum absolute atomic E-state index is 0.343. The maximum Gasteiger partial charge on any atom is 0.224 e. The lowest BCUT2D eigenvalue weighted by atomic mass is 10.1. The van der Waals surface area contributed by atoms with Crippen LogP contribution in [-0.2, 0) is 6.54 Å². The Morgan fingerprint density at radius 2 is 2.16 bits per heavy atom. The summed E-state index contributed by atoms with van der Waals surface area (Å²) in [5, 5.41) is 17.7. The van der Waals surface area contributed by atoms with Crippen LogP contribution in [0.2, 0.25) is 0 Å². The van der Waals surface area contributed by atoms with Gasteiger partial charge in [-0.25, -0.2) is 4.98 Å². The molecule has 3 aromatic rings. The fourth-order valence-corrected chi connectivity index (χ4v) is 2.50. The zero-order chi connectivity index (χ0) is 17.2. The molecule has 0 atom stereocenters. The largest absolute Gasteiger partial charge is 0.359 e. The highest BCUT2D eigenvalue weighted by Crippen LogP contribution is 2.39. The first-order chi connectivity index (χ1) is 12.2. The van der Waals surface area contributed by atoms with Crippen LogP contribution in [0, 0.1) is 0 Å². The molecule has 3 N–H and O–H groups in total. The molecule has 0 unspecified atom stereocenters. The average Bonchev–Trinajstić information content (AvgIpc) is 3.16. The molecular weight excluding hydrogens is 318 g/mol. The lowest BCUT2D eigenvalue weighted by molar-refractivity contribution is 0.379. The van der Waals surface area contributed by atoms with E-state index in [1.54, 1.807) is 6.20 Å². The van der Waals surface area contributed by atoms with E-state index in [1.165, 1.54) is 18.5 Å². The van der Waals surface area contributed by atoms with Gasteiger partial charge in [-0.2, -0.15) is 10.1 Å². The molecule has 3 aromatic heterocycles. The van der Waals surface area contributed by atoms with Gasteiger partial charge < -0.3 is 15.2 Å². The lowest BCUT2D eigenvalue weighted by Gasteiger charge is -2.05. The number of H-pyrrole nitrogens is 1. The highest BCUT2D eigenvalue weighted by atomic mass is 16.5. The highest BCUT2D eigenvalue weighted by Gasteiger charge is 2.25. The number of anilines is 3. The second kappa shape index (κ2) is 6.54. The number of nitrogens with one attached hydrogen (secondary N) is 3. The smallest absolute Gasteiger partial charge is 0.224 e. The zero-order valence-corrected chi connectivity index (χ0v) is 14.3. The SMILES string of the molecule is CC(C)c1cc(CNc2nccc(Nc3cc(C4CC4)[nH]n3)n2)on1. The molecule has 0 aromatic carbocycles. The molecule has 8 nitrogen and oxygen atoms in total. The zero-order valence-electron chi connectivity index (χ0n) is 14.3. The van der Waals surface area contributed by atoms with Gasteiger partial charge in [0.05, 0.1) is 12.2 Å². The first-order valence-electron chi connectivity index (χ1n) is 8.52. The van der Waals surface area contributed by atoms with Gasteiger partial charge in [0.15, 0.2) is 11.6 Å². The van der Waals surface area contributed by atoms with Crippen LogP contribution >= 0.6 is 0 Å². The van der Waals surface area contributed by atoms with Crippen molar-refractivity contribution in [3.63, 3.8) is 0 Å². The summed E-state index contributed by atoms with van der Waals surface area (Å²) in [6.07, 6.45) is 4.18. The predicted octanol–water partition coefficient (Wildman–Crippen LogP) is 3.54. The van der Waals surface area contributed by atoms with Gasteiger partial charge in [0.1, 0.15) is 5.82 Å². The molecule has 0 aliphatic heterocycles. The summed E-state index contributed by atoms with van der Waals surface area (Å²) >= 11 is 0. The van der Waals surface area contributed by atoms with E-state index in [-0.39, 0.29) is 0 Å². The van der Waals surface area contributed by atoms with Crippen LogP contribution in [0.3, 0.4) is 0 Å². The van der Waals surface area contributed by atoms with Crippen molar-refractivity contribution < 1.29 is 4.52 Å². The topological polar surface area (TPSA) is 105 Å². The Morgan fingerprint density at radius 3 is 2.92 bits per heavy atom. The fourth-order valence-electron chi connectivity index (χ4n) is 2.50. The number of nitrogens with zero attached hydrogens (tertiary/aromatic N) is 4. The molecule has 1 fully saturated rings. The summed E-state index contributed by atoms with van der Waals surface area (Å²) in [5.41, 5.74) is 2.12. The normalized spacial score (nSPS) is 14.0. The lowest BCUT2D eigenvalue weighted by Crippen LogP contribution is -2.04. The predicted molar refractivity (Wildman–Crippen MR) is 93.8 cm³/mol. The molecule has 25 heavy (non-hydrogen) atoms. The monoisotopic (exact) mass is 339 g/mol. The van der Waals surface area contributed by atoms with E-state index in [2.05, 4.69) is 49.8 Å². The summed E-state index contributed by atoms with van der Waals surface area (Å²) in [5.74, 6) is 3.71. The Kier molecular flexibility index (Phi) is 4.09. The van der Waals surface area contributed by atoms with Gasteiger partial charge in [0.25, 0.3) is 0 Å². The second-order valence-corrected chi connectivity index (χ2v) is 6.60. The van der Waals surface area contributed by atoms with Crippen molar-refractivity contribution in [1.29, 1.82) is 0 Å². The quantitative estimate of drug-likeness (QED) is 0.604. The Labute approximate surface area is 145 Å². The van der Waals surface area contributed by atoms with E-state index in [1.807, 2.05) is 18.2 Å². The molecule has 0 bridgehead atoms. The van der Waals surface area contributed by atoms with Crippen molar-refractivity contribution in [2.45, 2.75) is 45.1 Å². The molecule has 3 heterocycles. The summed E-state index contributed by atoms with van der Waals surface area (Å²) in [6.45, 7) is 4.64. The molecular formula is C17H21N7O. The first kappa shape index (κ1) is 15.6.